The van der Waals surface area contributed by atoms with Gasteiger partial charge in [-0.05, 0) is 20.8 Å². The molecule has 0 amide bonds. The van der Waals surface area contributed by atoms with Crippen LogP contribution < -0.4 is 0 Å². The molecule has 0 bridgehead atoms. The first kappa shape index (κ1) is 16.6. The molecule has 0 saturated carbocycles. The van der Waals surface area contributed by atoms with E-state index in [0.29, 0.717) is 18.6 Å². The summed E-state index contributed by atoms with van der Waals surface area (Å²) in [6.45, 7) is 9.08. The minimum atomic E-state index is -0.429. The summed E-state index contributed by atoms with van der Waals surface area (Å²) in [5.41, 5.74) is 0.355. The Labute approximate surface area is 108 Å². The van der Waals surface area contributed by atoms with Gasteiger partial charge in [-0.15, -0.1) is 0 Å². The third-order valence-corrected chi connectivity index (χ3v) is 2.24. The summed E-state index contributed by atoms with van der Waals surface area (Å²) >= 11 is 0. The van der Waals surface area contributed by atoms with E-state index >= 15 is 0 Å². The van der Waals surface area contributed by atoms with E-state index in [9.17, 15) is 9.59 Å². The van der Waals surface area contributed by atoms with Gasteiger partial charge in [0.1, 0.15) is 6.10 Å². The summed E-state index contributed by atoms with van der Waals surface area (Å²) in [5, 5.41) is 0. The van der Waals surface area contributed by atoms with E-state index in [1.54, 1.807) is 20.8 Å². The molecule has 0 radical (unpaired) electrons. The summed E-state index contributed by atoms with van der Waals surface area (Å²) in [7, 11) is 1.53. The van der Waals surface area contributed by atoms with E-state index in [2.05, 4.69) is 6.58 Å². The smallest absolute Gasteiger partial charge is 0.333 e. The highest BCUT2D eigenvalue weighted by Gasteiger charge is 2.17. The molecule has 0 saturated heterocycles. The van der Waals surface area contributed by atoms with Crippen LogP contribution in [0.15, 0.2) is 12.2 Å². The zero-order chi connectivity index (χ0) is 14.1. The van der Waals surface area contributed by atoms with Crippen LogP contribution in [0.1, 0.15) is 27.2 Å². The average Bonchev–Trinajstić information content (AvgIpc) is 2.28. The van der Waals surface area contributed by atoms with Crippen LogP contribution in [0.3, 0.4) is 0 Å². The van der Waals surface area contributed by atoms with Crippen molar-refractivity contribution in [3.05, 3.63) is 12.2 Å². The highest BCUT2D eigenvalue weighted by molar-refractivity contribution is 5.86. The lowest BCUT2D eigenvalue weighted by molar-refractivity contribution is -0.155. The van der Waals surface area contributed by atoms with Crippen molar-refractivity contribution >= 4 is 11.9 Å². The largest absolute Gasteiger partial charge is 0.462 e. The molecule has 0 aliphatic heterocycles. The third kappa shape index (κ3) is 7.06. The number of carbonyl (C=O) groups excluding carboxylic acids is 2. The molecule has 0 rings (SSSR count). The highest BCUT2D eigenvalue weighted by Crippen LogP contribution is 2.05. The normalized spacial score (nSPS) is 13.6. The van der Waals surface area contributed by atoms with Gasteiger partial charge >= 0.3 is 11.9 Å². The Morgan fingerprint density at radius 2 is 1.89 bits per heavy atom. The first-order chi connectivity index (χ1) is 8.38. The Hall–Kier alpha value is -1.36. The fourth-order valence-corrected chi connectivity index (χ4v) is 1.13. The molecule has 0 aromatic rings. The van der Waals surface area contributed by atoms with E-state index in [1.807, 2.05) is 0 Å². The summed E-state index contributed by atoms with van der Waals surface area (Å²) in [4.78, 5) is 22.6. The van der Waals surface area contributed by atoms with Gasteiger partial charge < -0.3 is 14.2 Å². The number of esters is 2. The second kappa shape index (κ2) is 8.69. The van der Waals surface area contributed by atoms with E-state index in [-0.39, 0.29) is 24.6 Å². The van der Waals surface area contributed by atoms with Crippen molar-refractivity contribution in [3.8, 4) is 0 Å². The molecule has 2 unspecified atom stereocenters. The Morgan fingerprint density at radius 1 is 1.28 bits per heavy atom. The zero-order valence-corrected chi connectivity index (χ0v) is 11.5. The molecule has 104 valence electrons. The molecule has 0 spiro atoms. The van der Waals surface area contributed by atoms with Crippen LogP contribution >= 0.6 is 0 Å². The van der Waals surface area contributed by atoms with Gasteiger partial charge in [-0.25, -0.2) is 4.79 Å². The number of hydrogen-bond acceptors (Lipinski definition) is 5. The molecule has 0 aromatic carbocycles. The van der Waals surface area contributed by atoms with E-state index in [0.717, 1.165) is 0 Å². The minimum absolute atomic E-state index is 0.207. The summed E-state index contributed by atoms with van der Waals surface area (Å²) < 4.78 is 14.9. The fourth-order valence-electron chi connectivity index (χ4n) is 1.13. The molecule has 0 fully saturated rings. The van der Waals surface area contributed by atoms with Crippen LogP contribution in [0.5, 0.6) is 0 Å². The predicted octanol–water partition coefficient (Wildman–Crippen LogP) is 1.71. The predicted molar refractivity (Wildman–Crippen MR) is 67.0 cm³/mol. The molecular formula is C13H22O5. The van der Waals surface area contributed by atoms with Crippen LogP contribution in [0.25, 0.3) is 0 Å². The number of methoxy groups -OCH3 is 1. The van der Waals surface area contributed by atoms with E-state index in [4.69, 9.17) is 14.2 Å². The van der Waals surface area contributed by atoms with Crippen molar-refractivity contribution in [2.75, 3.05) is 20.3 Å². The monoisotopic (exact) mass is 258 g/mol. The number of carbonyl (C=O) groups is 2. The lowest BCUT2D eigenvalue weighted by Gasteiger charge is -2.16. The molecule has 2 atom stereocenters. The molecule has 5 nitrogen and oxygen atoms in total. The Bertz CT molecular complexity index is 298. The van der Waals surface area contributed by atoms with Gasteiger partial charge in [0.25, 0.3) is 0 Å². The van der Waals surface area contributed by atoms with E-state index in [1.165, 1.54) is 7.11 Å². The fraction of sp³-hybridized carbons (Fsp3) is 0.692. The quantitative estimate of drug-likeness (QED) is 0.490. The molecule has 5 heteroatoms. The van der Waals surface area contributed by atoms with Crippen LogP contribution in [0.4, 0.5) is 0 Å². The lowest BCUT2D eigenvalue weighted by atomic mass is 10.2. The molecule has 0 aliphatic carbocycles. The molecule has 0 N–H and O–H groups in total. The third-order valence-electron chi connectivity index (χ3n) is 2.24. The van der Waals surface area contributed by atoms with Crippen molar-refractivity contribution < 1.29 is 23.8 Å². The highest BCUT2D eigenvalue weighted by atomic mass is 16.6. The van der Waals surface area contributed by atoms with Gasteiger partial charge in [0.05, 0.1) is 19.1 Å². The molecule has 18 heavy (non-hydrogen) atoms. The van der Waals surface area contributed by atoms with Gasteiger partial charge in [0, 0.05) is 19.1 Å². The van der Waals surface area contributed by atoms with Gasteiger partial charge in [0.2, 0.25) is 0 Å². The summed E-state index contributed by atoms with van der Waals surface area (Å²) in [5.74, 6) is -1.03. The van der Waals surface area contributed by atoms with Crippen LogP contribution in [-0.4, -0.2) is 38.4 Å². The minimum Gasteiger partial charge on any atom is -0.462 e. The van der Waals surface area contributed by atoms with Crippen molar-refractivity contribution in [2.45, 2.75) is 33.3 Å². The average molecular weight is 258 g/mol. The Balaban J connectivity index is 3.83. The Morgan fingerprint density at radius 3 is 2.39 bits per heavy atom. The summed E-state index contributed by atoms with van der Waals surface area (Å²) in [6.07, 6.45) is 0.166. The summed E-state index contributed by atoms with van der Waals surface area (Å²) in [6, 6.07) is 0. The van der Waals surface area contributed by atoms with Gasteiger partial charge in [-0.3, -0.25) is 4.79 Å². The Kier molecular flexibility index (Phi) is 8.03. The number of hydrogen-bond donors (Lipinski definition) is 0. The van der Waals surface area contributed by atoms with Gasteiger partial charge in [-0.1, -0.05) is 6.58 Å². The standard InChI is InChI=1S/C13H22O5/c1-9(2)12(14)17-7-6-11(4)18-13(15)10(3)8-16-5/h10-11H,1,6-8H2,2-5H3. The SMILES string of the molecule is C=C(C)C(=O)OCCC(C)OC(=O)C(C)COC. The van der Waals surface area contributed by atoms with Crippen molar-refractivity contribution in [2.24, 2.45) is 5.92 Å². The maximum atomic E-state index is 11.5. The molecule has 0 heterocycles. The maximum absolute atomic E-state index is 11.5. The van der Waals surface area contributed by atoms with Crippen LogP contribution in [-0.2, 0) is 23.8 Å². The number of ether oxygens (including phenoxy) is 3. The molecule has 0 aliphatic rings. The number of rotatable bonds is 8. The van der Waals surface area contributed by atoms with Crippen molar-refractivity contribution in [3.63, 3.8) is 0 Å². The van der Waals surface area contributed by atoms with Crippen molar-refractivity contribution in [1.82, 2.24) is 0 Å². The second-order valence-electron chi connectivity index (χ2n) is 4.31. The van der Waals surface area contributed by atoms with E-state index < -0.39 is 5.97 Å². The van der Waals surface area contributed by atoms with Gasteiger partial charge in [0.15, 0.2) is 0 Å². The maximum Gasteiger partial charge on any atom is 0.333 e. The van der Waals surface area contributed by atoms with Crippen LogP contribution in [0, 0.1) is 5.92 Å². The lowest BCUT2D eigenvalue weighted by Crippen LogP contribution is -2.24. The van der Waals surface area contributed by atoms with Crippen LogP contribution in [0.2, 0.25) is 0 Å². The molecule has 0 aromatic heterocycles. The zero-order valence-electron chi connectivity index (χ0n) is 11.5. The molecular weight excluding hydrogens is 236 g/mol. The topological polar surface area (TPSA) is 61.8 Å². The second-order valence-corrected chi connectivity index (χ2v) is 4.31. The van der Waals surface area contributed by atoms with Gasteiger partial charge in [-0.2, -0.15) is 0 Å². The first-order valence-corrected chi connectivity index (χ1v) is 5.90. The van der Waals surface area contributed by atoms with Crippen molar-refractivity contribution in [1.29, 1.82) is 0 Å². The first-order valence-electron chi connectivity index (χ1n) is 5.90.